The minimum atomic E-state index is -0.222. The van der Waals surface area contributed by atoms with Crippen LogP contribution < -0.4 is 0 Å². The summed E-state index contributed by atoms with van der Waals surface area (Å²) < 4.78 is 4.96. The number of aromatic nitrogens is 1. The fourth-order valence-corrected chi connectivity index (χ4v) is 2.51. The van der Waals surface area contributed by atoms with Gasteiger partial charge in [0.1, 0.15) is 0 Å². The zero-order chi connectivity index (χ0) is 14.8. The Morgan fingerprint density at radius 1 is 1.19 bits per heavy atom. The van der Waals surface area contributed by atoms with Crippen LogP contribution in [0.25, 0.3) is 21.8 Å². The van der Waals surface area contributed by atoms with Crippen molar-refractivity contribution in [3.63, 3.8) is 0 Å². The van der Waals surface area contributed by atoms with E-state index in [0.717, 1.165) is 27.4 Å². The summed E-state index contributed by atoms with van der Waals surface area (Å²) in [6, 6.07) is 13.6. The molecule has 1 aromatic heterocycles. The van der Waals surface area contributed by atoms with Gasteiger partial charge in [-0.2, -0.15) is 5.26 Å². The highest BCUT2D eigenvalue weighted by Crippen LogP contribution is 2.27. The average molecular weight is 278 g/mol. The Labute approximate surface area is 121 Å². The van der Waals surface area contributed by atoms with Crippen molar-refractivity contribution in [3.8, 4) is 6.07 Å². The number of nitrogens with one attached hydrogen (secondary N) is 1. The first-order chi connectivity index (χ1) is 10.2. The lowest BCUT2D eigenvalue weighted by atomic mass is 10.1. The largest absolute Gasteiger partial charge is 0.466 e. The molecule has 4 nitrogen and oxygen atoms in total. The molecule has 0 bridgehead atoms. The molecule has 104 valence electrons. The number of H-pyrrole nitrogens is 1. The summed E-state index contributed by atoms with van der Waals surface area (Å²) in [7, 11) is 0. The van der Waals surface area contributed by atoms with Crippen molar-refractivity contribution in [2.24, 2.45) is 0 Å². The number of carbonyl (C=O) groups excluding carboxylic acids is 1. The summed E-state index contributed by atoms with van der Waals surface area (Å²) >= 11 is 0. The minimum Gasteiger partial charge on any atom is -0.466 e. The smallest absolute Gasteiger partial charge is 0.310 e. The van der Waals surface area contributed by atoms with Crippen LogP contribution in [0.2, 0.25) is 0 Å². The van der Waals surface area contributed by atoms with Gasteiger partial charge in [0.2, 0.25) is 0 Å². The number of ether oxygens (including phenoxy) is 1. The average Bonchev–Trinajstić information content (AvgIpc) is 2.84. The number of nitrogens with zero attached hydrogens (tertiary/aromatic N) is 1. The van der Waals surface area contributed by atoms with Crippen molar-refractivity contribution in [2.75, 3.05) is 6.61 Å². The number of hydrogen-bond acceptors (Lipinski definition) is 3. The number of rotatable bonds is 3. The van der Waals surface area contributed by atoms with E-state index in [9.17, 15) is 4.79 Å². The maximum absolute atomic E-state index is 11.5. The van der Waals surface area contributed by atoms with Crippen molar-refractivity contribution in [1.29, 1.82) is 5.26 Å². The zero-order valence-corrected chi connectivity index (χ0v) is 11.6. The Morgan fingerprint density at radius 2 is 2.05 bits per heavy atom. The van der Waals surface area contributed by atoms with Crippen molar-refractivity contribution < 1.29 is 9.53 Å². The molecule has 0 aliphatic carbocycles. The maximum atomic E-state index is 11.5. The van der Waals surface area contributed by atoms with Crippen LogP contribution in [-0.2, 0) is 16.0 Å². The number of carbonyl (C=O) groups is 1. The molecule has 0 saturated carbocycles. The molecule has 0 saturated heterocycles. The van der Waals surface area contributed by atoms with Gasteiger partial charge in [-0.05, 0) is 36.8 Å². The van der Waals surface area contributed by atoms with Gasteiger partial charge < -0.3 is 9.72 Å². The van der Waals surface area contributed by atoms with Crippen molar-refractivity contribution in [3.05, 3.63) is 47.5 Å². The molecule has 0 amide bonds. The molecule has 21 heavy (non-hydrogen) atoms. The molecule has 0 aliphatic rings. The lowest BCUT2D eigenvalue weighted by Gasteiger charge is -2.02. The van der Waals surface area contributed by atoms with E-state index in [-0.39, 0.29) is 12.4 Å². The molecular weight excluding hydrogens is 264 g/mol. The van der Waals surface area contributed by atoms with Gasteiger partial charge in [0, 0.05) is 21.8 Å². The Balaban J connectivity index is 2.05. The molecule has 0 aliphatic heterocycles. The second-order valence-electron chi connectivity index (χ2n) is 4.86. The van der Waals surface area contributed by atoms with E-state index in [4.69, 9.17) is 10.00 Å². The highest BCUT2D eigenvalue weighted by atomic mass is 16.5. The molecule has 1 heterocycles. The normalized spacial score (nSPS) is 10.7. The summed E-state index contributed by atoms with van der Waals surface area (Å²) in [4.78, 5) is 14.8. The van der Waals surface area contributed by atoms with E-state index in [1.165, 1.54) is 0 Å². The van der Waals surface area contributed by atoms with Crippen molar-refractivity contribution in [2.45, 2.75) is 13.3 Å². The molecule has 0 fully saturated rings. The third kappa shape index (κ3) is 2.46. The topological polar surface area (TPSA) is 65.9 Å². The number of hydrogen-bond donors (Lipinski definition) is 1. The number of esters is 1. The molecule has 0 spiro atoms. The van der Waals surface area contributed by atoms with E-state index >= 15 is 0 Å². The van der Waals surface area contributed by atoms with Gasteiger partial charge in [-0.3, -0.25) is 4.79 Å². The lowest BCUT2D eigenvalue weighted by molar-refractivity contribution is -0.142. The van der Waals surface area contributed by atoms with E-state index in [2.05, 4.69) is 11.1 Å². The van der Waals surface area contributed by atoms with Gasteiger partial charge in [-0.1, -0.05) is 12.1 Å². The second-order valence-corrected chi connectivity index (χ2v) is 4.86. The van der Waals surface area contributed by atoms with Crippen LogP contribution in [0.15, 0.2) is 36.4 Å². The summed E-state index contributed by atoms with van der Waals surface area (Å²) in [6.07, 6.45) is 0.266. The molecule has 2 aromatic carbocycles. The third-order valence-electron chi connectivity index (χ3n) is 3.45. The summed E-state index contributed by atoms with van der Waals surface area (Å²) in [6.45, 7) is 2.19. The van der Waals surface area contributed by atoms with Crippen molar-refractivity contribution in [1.82, 2.24) is 4.98 Å². The Hall–Kier alpha value is -2.80. The third-order valence-corrected chi connectivity index (χ3v) is 3.45. The van der Waals surface area contributed by atoms with Gasteiger partial charge >= 0.3 is 5.97 Å². The zero-order valence-electron chi connectivity index (χ0n) is 11.6. The van der Waals surface area contributed by atoms with E-state index < -0.39 is 0 Å². The predicted octanol–water partition coefficient (Wildman–Crippen LogP) is 3.30. The minimum absolute atomic E-state index is 0.222. The predicted molar refractivity (Wildman–Crippen MR) is 80.9 cm³/mol. The first-order valence-corrected chi connectivity index (χ1v) is 6.81. The fourth-order valence-electron chi connectivity index (χ4n) is 2.51. The second kappa shape index (κ2) is 5.29. The van der Waals surface area contributed by atoms with E-state index in [1.54, 1.807) is 13.0 Å². The van der Waals surface area contributed by atoms with Crippen LogP contribution in [0, 0.1) is 11.3 Å². The first kappa shape index (κ1) is 13.2. The highest BCUT2D eigenvalue weighted by Gasteiger charge is 2.08. The molecule has 0 radical (unpaired) electrons. The van der Waals surface area contributed by atoms with Crippen LogP contribution in [-0.4, -0.2) is 17.6 Å². The van der Waals surface area contributed by atoms with E-state index in [0.29, 0.717) is 12.2 Å². The van der Waals surface area contributed by atoms with Gasteiger partial charge in [0.15, 0.2) is 0 Å². The Bertz CT molecular complexity index is 871. The Morgan fingerprint density at radius 3 is 2.81 bits per heavy atom. The summed E-state index contributed by atoms with van der Waals surface area (Å²) in [5, 5.41) is 11.1. The van der Waals surface area contributed by atoms with Crippen LogP contribution >= 0.6 is 0 Å². The van der Waals surface area contributed by atoms with Gasteiger partial charge in [0.25, 0.3) is 0 Å². The van der Waals surface area contributed by atoms with Gasteiger partial charge in [-0.15, -0.1) is 0 Å². The molecule has 0 atom stereocenters. The SMILES string of the molecule is CCOC(=O)Cc1ccc2c(c1)[nH]c1ccc(C#N)cc12. The van der Waals surface area contributed by atoms with E-state index in [1.807, 2.05) is 30.3 Å². The summed E-state index contributed by atoms with van der Waals surface area (Å²) in [5.41, 5.74) is 3.49. The Kier molecular flexibility index (Phi) is 3.33. The van der Waals surface area contributed by atoms with Crippen LogP contribution in [0.1, 0.15) is 18.1 Å². The number of fused-ring (bicyclic) bond motifs is 3. The van der Waals surface area contributed by atoms with Crippen LogP contribution in [0.5, 0.6) is 0 Å². The molecular formula is C17H14N2O2. The molecule has 1 N–H and O–H groups in total. The van der Waals surface area contributed by atoms with Gasteiger partial charge in [0.05, 0.1) is 24.7 Å². The lowest BCUT2D eigenvalue weighted by Crippen LogP contribution is -2.07. The number of aromatic amines is 1. The summed E-state index contributed by atoms with van der Waals surface area (Å²) in [5.74, 6) is -0.222. The number of nitriles is 1. The van der Waals surface area contributed by atoms with Crippen LogP contribution in [0.3, 0.4) is 0 Å². The standard InChI is InChI=1S/C17H14N2O2/c1-2-21-17(20)9-11-3-5-13-14-7-12(10-18)4-6-15(14)19-16(13)8-11/h3-8,19H,2,9H2,1H3. The maximum Gasteiger partial charge on any atom is 0.310 e. The monoisotopic (exact) mass is 278 g/mol. The molecule has 0 unspecified atom stereocenters. The fraction of sp³-hybridized carbons (Fsp3) is 0.176. The van der Waals surface area contributed by atoms with Crippen molar-refractivity contribution >= 4 is 27.8 Å². The molecule has 3 aromatic rings. The van der Waals surface area contributed by atoms with Gasteiger partial charge in [-0.25, -0.2) is 0 Å². The highest BCUT2D eigenvalue weighted by molar-refractivity contribution is 6.07. The first-order valence-electron chi connectivity index (χ1n) is 6.81. The molecule has 3 rings (SSSR count). The quantitative estimate of drug-likeness (QED) is 0.747. The van der Waals surface area contributed by atoms with Crippen LogP contribution in [0.4, 0.5) is 0 Å². The molecule has 4 heteroatoms. The number of benzene rings is 2.